The Balaban J connectivity index is 0.000000720. The summed E-state index contributed by atoms with van der Waals surface area (Å²) in [5.41, 5.74) is 2.13. The van der Waals surface area contributed by atoms with Gasteiger partial charge in [0.25, 0.3) is 0 Å². The van der Waals surface area contributed by atoms with Gasteiger partial charge in [-0.25, -0.2) is 0 Å². The first-order valence-electron chi connectivity index (χ1n) is 3.35. The normalized spacial score (nSPS) is 9.42. The Morgan fingerprint density at radius 2 is 2.33 bits per heavy atom. The van der Waals surface area contributed by atoms with Crippen LogP contribution in [-0.2, 0) is 7.05 Å². The van der Waals surface area contributed by atoms with Crippen LogP contribution in [0.5, 0.6) is 0 Å². The molecule has 2 heterocycles. The minimum absolute atomic E-state index is 0. The summed E-state index contributed by atoms with van der Waals surface area (Å²) >= 11 is 0. The summed E-state index contributed by atoms with van der Waals surface area (Å²) in [5.74, 6) is 0. The second kappa shape index (κ2) is 3.40. The van der Waals surface area contributed by atoms with Crippen LogP contribution in [0.25, 0.3) is 11.3 Å². The maximum Gasteiger partial charge on any atom is 0.0710 e. The molecule has 64 valence electrons. The molecular weight excluding hydrogens is 176 g/mol. The van der Waals surface area contributed by atoms with Crippen molar-refractivity contribution in [2.45, 2.75) is 0 Å². The number of aromatic amines is 1. The van der Waals surface area contributed by atoms with Gasteiger partial charge < -0.3 is 0 Å². The van der Waals surface area contributed by atoms with E-state index in [2.05, 4.69) is 15.3 Å². The molecule has 0 atom stereocenters. The molecule has 0 amide bonds. The van der Waals surface area contributed by atoms with Crippen molar-refractivity contribution in [3.63, 3.8) is 0 Å². The molecule has 0 unspecified atom stereocenters. The molecule has 0 aliphatic heterocycles. The highest BCUT2D eigenvalue weighted by Gasteiger charge is 2.01. The summed E-state index contributed by atoms with van der Waals surface area (Å²) in [5, 5.41) is 10.7. The van der Waals surface area contributed by atoms with Crippen LogP contribution in [0.1, 0.15) is 0 Å². The van der Waals surface area contributed by atoms with E-state index in [-0.39, 0.29) is 12.4 Å². The smallest absolute Gasteiger partial charge is 0.0710 e. The molecule has 0 spiro atoms. The molecular formula is C7H9ClN4. The van der Waals surface area contributed by atoms with E-state index in [1.165, 1.54) is 0 Å². The van der Waals surface area contributed by atoms with Crippen LogP contribution >= 0.6 is 12.4 Å². The minimum Gasteiger partial charge on any atom is -0.285 e. The van der Waals surface area contributed by atoms with Gasteiger partial charge in [0.05, 0.1) is 11.9 Å². The van der Waals surface area contributed by atoms with Gasteiger partial charge in [0.2, 0.25) is 0 Å². The van der Waals surface area contributed by atoms with Gasteiger partial charge in [-0.15, -0.1) is 12.4 Å². The lowest BCUT2D eigenvalue weighted by Crippen LogP contribution is -1.91. The standard InChI is InChI=1S/C7H8N4.ClH/c1-11-7(2-3-10-11)6-4-8-9-5-6;/h2-5H,1H3,(H,8,9);1H. The lowest BCUT2D eigenvalue weighted by molar-refractivity contribution is 0.776. The van der Waals surface area contributed by atoms with Crippen LogP contribution in [0.15, 0.2) is 24.7 Å². The third-order valence-corrected chi connectivity index (χ3v) is 1.61. The van der Waals surface area contributed by atoms with E-state index in [9.17, 15) is 0 Å². The molecule has 2 rings (SSSR count). The van der Waals surface area contributed by atoms with Gasteiger partial charge in [0.1, 0.15) is 0 Å². The molecule has 12 heavy (non-hydrogen) atoms. The topological polar surface area (TPSA) is 46.5 Å². The quantitative estimate of drug-likeness (QED) is 0.725. The maximum atomic E-state index is 4.05. The molecule has 0 saturated heterocycles. The zero-order chi connectivity index (χ0) is 7.68. The third-order valence-electron chi connectivity index (χ3n) is 1.61. The first kappa shape index (κ1) is 8.80. The lowest BCUT2D eigenvalue weighted by atomic mass is 10.3. The zero-order valence-corrected chi connectivity index (χ0v) is 7.38. The second-order valence-electron chi connectivity index (χ2n) is 2.33. The van der Waals surface area contributed by atoms with Crippen molar-refractivity contribution in [2.24, 2.45) is 7.05 Å². The summed E-state index contributed by atoms with van der Waals surface area (Å²) in [7, 11) is 1.91. The number of hydrogen-bond acceptors (Lipinski definition) is 2. The van der Waals surface area contributed by atoms with Crippen molar-refractivity contribution in [2.75, 3.05) is 0 Å². The first-order valence-corrected chi connectivity index (χ1v) is 3.35. The molecule has 0 bridgehead atoms. The SMILES string of the molecule is Cl.Cn1nccc1-c1cn[nH]c1. The molecule has 0 aliphatic rings. The van der Waals surface area contributed by atoms with E-state index >= 15 is 0 Å². The molecule has 0 aliphatic carbocycles. The van der Waals surface area contributed by atoms with Crippen LogP contribution in [-0.4, -0.2) is 20.0 Å². The average Bonchev–Trinajstić information content (AvgIpc) is 2.55. The Morgan fingerprint density at radius 1 is 1.50 bits per heavy atom. The van der Waals surface area contributed by atoms with Crippen LogP contribution < -0.4 is 0 Å². The van der Waals surface area contributed by atoms with Gasteiger partial charge in [0, 0.05) is 25.0 Å². The molecule has 2 aromatic heterocycles. The highest BCUT2D eigenvalue weighted by molar-refractivity contribution is 5.85. The predicted molar refractivity (Wildman–Crippen MR) is 48.0 cm³/mol. The lowest BCUT2D eigenvalue weighted by Gasteiger charge is -1.94. The summed E-state index contributed by atoms with van der Waals surface area (Å²) in [6, 6.07) is 1.95. The van der Waals surface area contributed by atoms with Crippen LogP contribution in [0.2, 0.25) is 0 Å². The largest absolute Gasteiger partial charge is 0.285 e. The van der Waals surface area contributed by atoms with Crippen molar-refractivity contribution >= 4 is 12.4 Å². The fourth-order valence-corrected chi connectivity index (χ4v) is 1.05. The van der Waals surface area contributed by atoms with Gasteiger partial charge in [-0.1, -0.05) is 0 Å². The number of nitrogens with one attached hydrogen (secondary N) is 1. The van der Waals surface area contributed by atoms with E-state index in [4.69, 9.17) is 0 Å². The van der Waals surface area contributed by atoms with Gasteiger partial charge in [-0.05, 0) is 6.07 Å². The number of halogens is 1. The fourth-order valence-electron chi connectivity index (χ4n) is 1.05. The first-order chi connectivity index (χ1) is 5.38. The van der Waals surface area contributed by atoms with E-state index in [1.54, 1.807) is 12.4 Å². The molecule has 5 heteroatoms. The van der Waals surface area contributed by atoms with Crippen molar-refractivity contribution in [3.05, 3.63) is 24.7 Å². The number of hydrogen-bond donors (Lipinski definition) is 1. The Labute approximate surface area is 76.0 Å². The van der Waals surface area contributed by atoms with E-state index in [0.717, 1.165) is 11.3 Å². The van der Waals surface area contributed by atoms with Gasteiger partial charge in [-0.2, -0.15) is 10.2 Å². The number of aromatic nitrogens is 4. The average molecular weight is 185 g/mol. The molecule has 2 aromatic rings. The summed E-state index contributed by atoms with van der Waals surface area (Å²) in [6.07, 6.45) is 5.39. The zero-order valence-electron chi connectivity index (χ0n) is 6.56. The highest BCUT2D eigenvalue weighted by Crippen LogP contribution is 2.14. The second-order valence-corrected chi connectivity index (χ2v) is 2.33. The summed E-state index contributed by atoms with van der Waals surface area (Å²) in [4.78, 5) is 0. The number of H-pyrrole nitrogens is 1. The van der Waals surface area contributed by atoms with E-state index in [1.807, 2.05) is 24.0 Å². The highest BCUT2D eigenvalue weighted by atomic mass is 35.5. The third kappa shape index (κ3) is 1.33. The van der Waals surface area contributed by atoms with E-state index in [0.29, 0.717) is 0 Å². The minimum atomic E-state index is 0. The Hall–Kier alpha value is -1.29. The molecule has 1 N–H and O–H groups in total. The maximum absolute atomic E-state index is 4.05. The van der Waals surface area contributed by atoms with Crippen LogP contribution in [0.3, 0.4) is 0 Å². The number of rotatable bonds is 1. The van der Waals surface area contributed by atoms with Crippen molar-refractivity contribution in [1.82, 2.24) is 20.0 Å². The Morgan fingerprint density at radius 3 is 2.83 bits per heavy atom. The number of nitrogens with zero attached hydrogens (tertiary/aromatic N) is 3. The molecule has 0 aromatic carbocycles. The Kier molecular flexibility index (Phi) is 2.50. The Bertz CT molecular complexity index is 338. The van der Waals surface area contributed by atoms with E-state index < -0.39 is 0 Å². The predicted octanol–water partition coefficient (Wildman–Crippen LogP) is 1.23. The van der Waals surface area contributed by atoms with Crippen molar-refractivity contribution in [3.8, 4) is 11.3 Å². The van der Waals surface area contributed by atoms with Crippen molar-refractivity contribution < 1.29 is 0 Å². The van der Waals surface area contributed by atoms with Crippen LogP contribution in [0, 0.1) is 0 Å². The molecule has 0 fully saturated rings. The molecule has 0 radical (unpaired) electrons. The van der Waals surface area contributed by atoms with Gasteiger partial charge >= 0.3 is 0 Å². The monoisotopic (exact) mass is 184 g/mol. The fraction of sp³-hybridized carbons (Fsp3) is 0.143. The summed E-state index contributed by atoms with van der Waals surface area (Å²) in [6.45, 7) is 0. The molecule has 4 nitrogen and oxygen atoms in total. The van der Waals surface area contributed by atoms with Gasteiger partial charge in [0.15, 0.2) is 0 Å². The van der Waals surface area contributed by atoms with Crippen LogP contribution in [0.4, 0.5) is 0 Å². The summed E-state index contributed by atoms with van der Waals surface area (Å²) < 4.78 is 1.81. The number of aryl methyl sites for hydroxylation is 1. The molecule has 0 saturated carbocycles. The van der Waals surface area contributed by atoms with Gasteiger partial charge in [-0.3, -0.25) is 9.78 Å². The van der Waals surface area contributed by atoms with Crippen molar-refractivity contribution in [1.29, 1.82) is 0 Å².